The first-order chi connectivity index (χ1) is 17.1. The summed E-state index contributed by atoms with van der Waals surface area (Å²) in [7, 11) is 4.85. The Morgan fingerprint density at radius 3 is 2.81 bits per heavy atom. The summed E-state index contributed by atoms with van der Waals surface area (Å²) in [5.74, 6) is -0.739. The number of pyridine rings is 1. The minimum Gasteiger partial charge on any atom is -0.467 e. The molecule has 2 aromatic heterocycles. The smallest absolute Gasteiger partial charge is 0.328 e. The summed E-state index contributed by atoms with van der Waals surface area (Å²) in [6.07, 6.45) is 3.36. The third kappa shape index (κ3) is 4.96. The maximum absolute atomic E-state index is 13.5. The van der Waals surface area contributed by atoms with Gasteiger partial charge in [0.05, 0.1) is 13.3 Å². The molecule has 3 heterocycles. The number of hydrogen-bond acceptors (Lipinski definition) is 9. The van der Waals surface area contributed by atoms with Gasteiger partial charge in [0.2, 0.25) is 5.91 Å². The van der Waals surface area contributed by atoms with Crippen LogP contribution in [0.5, 0.6) is 0 Å². The Morgan fingerprint density at radius 1 is 1.42 bits per heavy atom. The van der Waals surface area contributed by atoms with Gasteiger partial charge in [-0.15, -0.1) is 0 Å². The van der Waals surface area contributed by atoms with Crippen LogP contribution in [0.4, 0.5) is 16.0 Å². The number of thiazole rings is 1. The molecule has 0 aliphatic carbocycles. The Hall–Kier alpha value is -3.00. The molecular formula is C22H25ClN6O5S2. The van der Waals surface area contributed by atoms with Crippen LogP contribution in [0.1, 0.15) is 12.0 Å². The quantitative estimate of drug-likeness (QED) is 0.318. The molecule has 4 rings (SSSR count). The standard InChI is InChI=1S/C22H25ClN6O5S2/c1-27(2)22-26-11-18(35-22)29(36(32)33)16-5-7-28(20(16)30)17(21(31)34-3)9-13-8-12-4-6-25-19(24)14(12)10-15(13)23/h4,6,8,10-11,16-17H,5,7,9H2,1-3H3,(H2,24,25)(H,32,33)/t16-,17+/m0/s1. The lowest BCUT2D eigenvalue weighted by atomic mass is 10.0. The summed E-state index contributed by atoms with van der Waals surface area (Å²) in [5, 5.41) is 2.84. The number of carbonyl (C=O) groups is 2. The SMILES string of the molecule is COC(=O)[C@@H](Cc1cc2ccnc(N)c2cc1Cl)N1CC[C@H](N(c2cnc(N(C)C)s2)S(=O)O)C1=O. The van der Waals surface area contributed by atoms with Gasteiger partial charge in [-0.25, -0.2) is 23.3 Å². The molecule has 0 saturated carbocycles. The predicted molar refractivity (Wildman–Crippen MR) is 140 cm³/mol. The number of nitrogens with two attached hydrogens (primary N) is 1. The minimum absolute atomic E-state index is 0.0929. The number of amides is 1. The van der Waals surface area contributed by atoms with E-state index in [-0.39, 0.29) is 19.4 Å². The molecule has 1 aromatic carbocycles. The molecule has 11 nitrogen and oxygen atoms in total. The van der Waals surface area contributed by atoms with Crippen LogP contribution in [0.2, 0.25) is 5.02 Å². The van der Waals surface area contributed by atoms with E-state index in [0.29, 0.717) is 31.9 Å². The van der Waals surface area contributed by atoms with Gasteiger partial charge in [-0.1, -0.05) is 22.9 Å². The molecule has 3 aromatic rings. The van der Waals surface area contributed by atoms with Crippen LogP contribution in [0, 0.1) is 0 Å². The molecule has 0 spiro atoms. The van der Waals surface area contributed by atoms with Gasteiger partial charge < -0.3 is 20.3 Å². The van der Waals surface area contributed by atoms with Crippen molar-refractivity contribution in [2.45, 2.75) is 24.9 Å². The van der Waals surface area contributed by atoms with Gasteiger partial charge in [0, 0.05) is 43.7 Å². The zero-order valence-electron chi connectivity index (χ0n) is 19.8. The Labute approximate surface area is 219 Å². The number of aromatic nitrogens is 2. The monoisotopic (exact) mass is 552 g/mol. The van der Waals surface area contributed by atoms with Crippen LogP contribution < -0.4 is 14.9 Å². The van der Waals surface area contributed by atoms with Crippen molar-refractivity contribution < 1.29 is 23.1 Å². The fourth-order valence-corrected chi connectivity index (χ4v) is 6.16. The van der Waals surface area contributed by atoms with Gasteiger partial charge in [0.1, 0.15) is 22.9 Å². The second kappa shape index (κ2) is 10.5. The van der Waals surface area contributed by atoms with Crippen LogP contribution in [0.25, 0.3) is 10.8 Å². The largest absolute Gasteiger partial charge is 0.467 e. The first-order valence-corrected chi connectivity index (χ1v) is 13.1. The number of hydrogen-bond donors (Lipinski definition) is 2. The summed E-state index contributed by atoms with van der Waals surface area (Å²) in [6.45, 7) is 0.193. The number of rotatable bonds is 8. The molecule has 1 saturated heterocycles. The van der Waals surface area contributed by atoms with E-state index in [4.69, 9.17) is 22.1 Å². The fourth-order valence-electron chi connectivity index (χ4n) is 4.20. The number of carbonyl (C=O) groups excluding carboxylic acids is 2. The van der Waals surface area contributed by atoms with Crippen molar-refractivity contribution in [1.29, 1.82) is 0 Å². The summed E-state index contributed by atoms with van der Waals surface area (Å²) < 4.78 is 28.4. The first kappa shape index (κ1) is 26.1. The van der Waals surface area contributed by atoms with Crippen LogP contribution in [-0.2, 0) is 32.0 Å². The van der Waals surface area contributed by atoms with Gasteiger partial charge >= 0.3 is 5.97 Å². The normalized spacial score (nSPS) is 17.3. The summed E-state index contributed by atoms with van der Waals surface area (Å²) >= 11 is 5.21. The zero-order valence-corrected chi connectivity index (χ0v) is 22.1. The number of benzene rings is 1. The Bertz CT molecular complexity index is 1340. The van der Waals surface area contributed by atoms with Crippen molar-refractivity contribution >= 4 is 72.8 Å². The average molecular weight is 553 g/mol. The third-order valence-corrected chi connectivity index (χ3v) is 8.39. The highest BCUT2D eigenvalue weighted by Crippen LogP contribution is 2.35. The molecule has 1 fully saturated rings. The predicted octanol–water partition coefficient (Wildman–Crippen LogP) is 2.32. The second-order valence-corrected chi connectivity index (χ2v) is 10.6. The zero-order chi connectivity index (χ0) is 26.1. The molecule has 0 bridgehead atoms. The fraction of sp³-hybridized carbons (Fsp3) is 0.364. The number of nitrogen functional groups attached to an aromatic ring is 1. The van der Waals surface area contributed by atoms with Crippen LogP contribution >= 0.6 is 22.9 Å². The van der Waals surface area contributed by atoms with Crippen LogP contribution in [0.3, 0.4) is 0 Å². The maximum atomic E-state index is 13.5. The number of methoxy groups -OCH3 is 1. The summed E-state index contributed by atoms with van der Waals surface area (Å²) in [6, 6.07) is 3.34. The van der Waals surface area contributed by atoms with Gasteiger partial charge in [-0.05, 0) is 35.6 Å². The lowest BCUT2D eigenvalue weighted by Crippen LogP contribution is -2.49. The number of esters is 1. The molecule has 36 heavy (non-hydrogen) atoms. The molecule has 0 radical (unpaired) electrons. The van der Waals surface area contributed by atoms with Crippen molar-refractivity contribution in [3.8, 4) is 0 Å². The molecule has 192 valence electrons. The summed E-state index contributed by atoms with van der Waals surface area (Å²) in [4.78, 5) is 37.8. The van der Waals surface area contributed by atoms with Crippen LogP contribution in [0.15, 0.2) is 30.6 Å². The van der Waals surface area contributed by atoms with E-state index in [1.54, 1.807) is 43.4 Å². The van der Waals surface area contributed by atoms with E-state index >= 15 is 0 Å². The van der Waals surface area contributed by atoms with Crippen molar-refractivity contribution in [2.24, 2.45) is 0 Å². The summed E-state index contributed by atoms with van der Waals surface area (Å²) in [5.41, 5.74) is 6.57. The van der Waals surface area contributed by atoms with Gasteiger partial charge in [0.25, 0.3) is 11.3 Å². The topological polar surface area (TPSA) is 142 Å². The van der Waals surface area contributed by atoms with Gasteiger partial charge in [-0.3, -0.25) is 9.35 Å². The molecule has 1 unspecified atom stereocenters. The molecule has 3 N–H and O–H groups in total. The highest BCUT2D eigenvalue weighted by molar-refractivity contribution is 7.81. The highest BCUT2D eigenvalue weighted by Gasteiger charge is 2.44. The maximum Gasteiger partial charge on any atom is 0.328 e. The van der Waals surface area contributed by atoms with Crippen molar-refractivity contribution in [3.05, 3.63) is 41.2 Å². The number of halogens is 1. The van der Waals surface area contributed by atoms with E-state index in [0.717, 1.165) is 9.69 Å². The lowest BCUT2D eigenvalue weighted by molar-refractivity contribution is -0.151. The van der Waals surface area contributed by atoms with Crippen molar-refractivity contribution in [3.63, 3.8) is 0 Å². The Balaban J connectivity index is 1.63. The van der Waals surface area contributed by atoms with Gasteiger partial charge in [-0.2, -0.15) is 0 Å². The van der Waals surface area contributed by atoms with E-state index in [1.807, 2.05) is 0 Å². The first-order valence-electron chi connectivity index (χ1n) is 10.9. The average Bonchev–Trinajstić information content (AvgIpc) is 3.46. The van der Waals surface area contributed by atoms with Crippen LogP contribution in [-0.4, -0.2) is 75.3 Å². The lowest BCUT2D eigenvalue weighted by Gasteiger charge is -2.28. The molecule has 3 atom stereocenters. The number of nitrogens with zero attached hydrogens (tertiary/aromatic N) is 5. The Morgan fingerprint density at radius 2 is 2.17 bits per heavy atom. The number of fused-ring (bicyclic) bond motifs is 1. The highest BCUT2D eigenvalue weighted by atomic mass is 35.5. The van der Waals surface area contributed by atoms with Crippen molar-refractivity contribution in [1.82, 2.24) is 14.9 Å². The third-order valence-electron chi connectivity index (χ3n) is 5.97. The Kier molecular flexibility index (Phi) is 7.64. The van der Waals surface area contributed by atoms with E-state index in [1.165, 1.54) is 29.5 Å². The molecule has 1 aliphatic rings. The second-order valence-electron chi connectivity index (χ2n) is 8.37. The molecular weight excluding hydrogens is 528 g/mol. The van der Waals surface area contributed by atoms with E-state index < -0.39 is 35.2 Å². The van der Waals surface area contributed by atoms with Gasteiger partial charge in [0.15, 0.2) is 5.13 Å². The molecule has 14 heteroatoms. The number of anilines is 3. The number of ether oxygens (including phenoxy) is 1. The minimum atomic E-state index is -2.48. The van der Waals surface area contributed by atoms with E-state index in [9.17, 15) is 18.4 Å². The van der Waals surface area contributed by atoms with E-state index in [2.05, 4.69) is 9.97 Å². The number of likely N-dealkylation sites (tertiary alicyclic amines) is 1. The van der Waals surface area contributed by atoms with Crippen molar-refractivity contribution in [2.75, 3.05) is 42.7 Å². The molecule has 1 amide bonds. The molecule has 1 aliphatic heterocycles.